The number of aromatic hydroxyl groups is 2. The number of amides is 2. The molecule has 0 spiro atoms. The van der Waals surface area contributed by atoms with Crippen LogP contribution in [0.3, 0.4) is 0 Å². The zero-order valence-corrected chi connectivity index (χ0v) is 15.2. The molecule has 0 bridgehead atoms. The first-order valence-electron chi connectivity index (χ1n) is 8.94. The highest BCUT2D eigenvalue weighted by molar-refractivity contribution is 5.95. The van der Waals surface area contributed by atoms with Gasteiger partial charge in [0.05, 0.1) is 5.56 Å². The summed E-state index contributed by atoms with van der Waals surface area (Å²) in [6.45, 7) is 0.687. The molecular formula is C20H19F3N2O4. The standard InChI is InChI=1S/C20H19F3N2O4/c21-20(22,23)14-3-1-12(2-4-14)19(29)25-7-5-15(6-8-25)24-18(28)13-9-16(26)11-17(27)10-13/h1-4,9-11,15,26-27H,5-8H2,(H,24,28). The SMILES string of the molecule is O=C(NC1CCN(C(=O)c2ccc(C(F)(F)F)cc2)CC1)c1cc(O)cc(O)c1. The van der Waals surface area contributed by atoms with Crippen LogP contribution in [0.5, 0.6) is 11.5 Å². The molecule has 1 aliphatic heterocycles. The van der Waals surface area contributed by atoms with Crippen molar-refractivity contribution in [1.82, 2.24) is 10.2 Å². The Labute approximate surface area is 164 Å². The summed E-state index contributed by atoms with van der Waals surface area (Å²) < 4.78 is 37.9. The van der Waals surface area contributed by atoms with Gasteiger partial charge < -0.3 is 20.4 Å². The molecule has 1 saturated heterocycles. The van der Waals surface area contributed by atoms with Gasteiger partial charge in [-0.15, -0.1) is 0 Å². The van der Waals surface area contributed by atoms with E-state index in [9.17, 15) is 33.0 Å². The van der Waals surface area contributed by atoms with Crippen molar-refractivity contribution in [2.24, 2.45) is 0 Å². The van der Waals surface area contributed by atoms with Crippen LogP contribution in [0, 0.1) is 0 Å². The zero-order valence-electron chi connectivity index (χ0n) is 15.2. The molecule has 0 radical (unpaired) electrons. The summed E-state index contributed by atoms with van der Waals surface area (Å²) in [6.07, 6.45) is -3.50. The van der Waals surface area contributed by atoms with Gasteiger partial charge in [0.25, 0.3) is 11.8 Å². The largest absolute Gasteiger partial charge is 0.508 e. The first-order valence-corrected chi connectivity index (χ1v) is 8.94. The maximum Gasteiger partial charge on any atom is 0.416 e. The van der Waals surface area contributed by atoms with Crippen molar-refractivity contribution in [2.45, 2.75) is 25.1 Å². The maximum absolute atomic E-state index is 12.6. The highest BCUT2D eigenvalue weighted by Crippen LogP contribution is 2.29. The summed E-state index contributed by atoms with van der Waals surface area (Å²) in [6, 6.07) is 7.46. The molecule has 29 heavy (non-hydrogen) atoms. The summed E-state index contributed by atoms with van der Waals surface area (Å²) in [5.41, 5.74) is -0.519. The third-order valence-electron chi connectivity index (χ3n) is 4.74. The molecule has 2 aromatic rings. The van der Waals surface area contributed by atoms with Crippen LogP contribution in [0.15, 0.2) is 42.5 Å². The normalized spacial score (nSPS) is 15.2. The smallest absolute Gasteiger partial charge is 0.416 e. The average Bonchev–Trinajstić information content (AvgIpc) is 2.66. The molecule has 1 aliphatic rings. The van der Waals surface area contributed by atoms with E-state index >= 15 is 0 Å². The van der Waals surface area contributed by atoms with Gasteiger partial charge in [-0.05, 0) is 49.2 Å². The molecule has 1 heterocycles. The second kappa shape index (κ2) is 8.02. The van der Waals surface area contributed by atoms with E-state index in [1.165, 1.54) is 17.0 Å². The Morgan fingerprint density at radius 2 is 1.48 bits per heavy atom. The van der Waals surface area contributed by atoms with E-state index in [0.717, 1.165) is 30.3 Å². The molecule has 3 N–H and O–H groups in total. The molecule has 1 fully saturated rings. The number of phenolic OH excluding ortho intramolecular Hbond substituents is 2. The van der Waals surface area contributed by atoms with Crippen molar-refractivity contribution in [3.05, 3.63) is 59.2 Å². The Bertz CT molecular complexity index is 885. The van der Waals surface area contributed by atoms with Gasteiger partial charge in [-0.3, -0.25) is 9.59 Å². The number of piperidine rings is 1. The lowest BCUT2D eigenvalue weighted by Crippen LogP contribution is -2.46. The Balaban J connectivity index is 1.56. The fraction of sp³-hybridized carbons (Fsp3) is 0.300. The van der Waals surface area contributed by atoms with Crippen molar-refractivity contribution < 1.29 is 33.0 Å². The highest BCUT2D eigenvalue weighted by atomic mass is 19.4. The van der Waals surface area contributed by atoms with Crippen molar-refractivity contribution in [1.29, 1.82) is 0 Å². The van der Waals surface area contributed by atoms with E-state index in [-0.39, 0.29) is 34.6 Å². The predicted molar refractivity (Wildman–Crippen MR) is 97.6 cm³/mol. The fourth-order valence-corrected chi connectivity index (χ4v) is 3.21. The fourth-order valence-electron chi connectivity index (χ4n) is 3.21. The lowest BCUT2D eigenvalue weighted by Gasteiger charge is -2.32. The van der Waals surface area contributed by atoms with Crippen LogP contribution in [-0.4, -0.2) is 46.1 Å². The highest BCUT2D eigenvalue weighted by Gasteiger charge is 2.31. The molecule has 0 unspecified atom stereocenters. The molecule has 0 atom stereocenters. The maximum atomic E-state index is 12.6. The van der Waals surface area contributed by atoms with Gasteiger partial charge in [0.15, 0.2) is 0 Å². The average molecular weight is 408 g/mol. The van der Waals surface area contributed by atoms with Crippen LogP contribution < -0.4 is 5.32 Å². The molecule has 3 rings (SSSR count). The zero-order chi connectivity index (χ0) is 21.2. The molecule has 2 amide bonds. The number of hydrogen-bond acceptors (Lipinski definition) is 4. The minimum Gasteiger partial charge on any atom is -0.508 e. The molecule has 6 nitrogen and oxygen atoms in total. The van der Waals surface area contributed by atoms with Gasteiger partial charge in [0.2, 0.25) is 0 Å². The van der Waals surface area contributed by atoms with Gasteiger partial charge in [0.1, 0.15) is 11.5 Å². The molecule has 0 aromatic heterocycles. The van der Waals surface area contributed by atoms with E-state index in [2.05, 4.69) is 5.32 Å². The van der Waals surface area contributed by atoms with Crippen molar-refractivity contribution in [3.8, 4) is 11.5 Å². The number of phenols is 2. The predicted octanol–water partition coefficient (Wildman–Crippen LogP) is 3.15. The second-order valence-electron chi connectivity index (χ2n) is 6.85. The monoisotopic (exact) mass is 408 g/mol. The van der Waals surface area contributed by atoms with Crippen LogP contribution in [0.4, 0.5) is 13.2 Å². The number of alkyl halides is 3. The molecule has 2 aromatic carbocycles. The number of likely N-dealkylation sites (tertiary alicyclic amines) is 1. The van der Waals surface area contributed by atoms with Gasteiger partial charge >= 0.3 is 6.18 Å². The number of nitrogens with zero attached hydrogens (tertiary/aromatic N) is 1. The Kier molecular flexibility index (Phi) is 5.67. The summed E-state index contributed by atoms with van der Waals surface area (Å²) in [5, 5.41) is 21.7. The van der Waals surface area contributed by atoms with Crippen LogP contribution in [-0.2, 0) is 6.18 Å². The quantitative estimate of drug-likeness (QED) is 0.728. The Morgan fingerprint density at radius 3 is 2.00 bits per heavy atom. The number of hydrogen-bond donors (Lipinski definition) is 3. The summed E-state index contributed by atoms with van der Waals surface area (Å²) in [4.78, 5) is 26.3. The summed E-state index contributed by atoms with van der Waals surface area (Å²) in [5.74, 6) is -1.27. The molecule has 0 saturated carbocycles. The van der Waals surface area contributed by atoms with E-state index in [1.807, 2.05) is 0 Å². The Hall–Kier alpha value is -3.23. The third kappa shape index (κ3) is 4.98. The number of nitrogens with one attached hydrogen (secondary N) is 1. The molecular weight excluding hydrogens is 389 g/mol. The van der Waals surface area contributed by atoms with Gasteiger partial charge in [-0.2, -0.15) is 13.2 Å². The number of benzene rings is 2. The van der Waals surface area contributed by atoms with Crippen LogP contribution >= 0.6 is 0 Å². The van der Waals surface area contributed by atoms with Crippen LogP contribution in [0.25, 0.3) is 0 Å². The minimum absolute atomic E-state index is 0.116. The number of carbonyl (C=O) groups excluding carboxylic acids is 2. The first kappa shape index (κ1) is 20.5. The number of carbonyl (C=O) groups is 2. The van der Waals surface area contributed by atoms with Crippen molar-refractivity contribution in [3.63, 3.8) is 0 Å². The van der Waals surface area contributed by atoms with Crippen LogP contribution in [0.2, 0.25) is 0 Å². The summed E-state index contributed by atoms with van der Waals surface area (Å²) >= 11 is 0. The van der Waals surface area contributed by atoms with Gasteiger partial charge in [0, 0.05) is 36.3 Å². The number of rotatable bonds is 3. The number of halogens is 3. The first-order chi connectivity index (χ1) is 13.6. The van der Waals surface area contributed by atoms with Crippen molar-refractivity contribution in [2.75, 3.05) is 13.1 Å². The van der Waals surface area contributed by atoms with E-state index in [0.29, 0.717) is 25.9 Å². The lowest BCUT2D eigenvalue weighted by atomic mass is 10.0. The molecule has 0 aliphatic carbocycles. The van der Waals surface area contributed by atoms with E-state index in [1.54, 1.807) is 0 Å². The lowest BCUT2D eigenvalue weighted by molar-refractivity contribution is -0.137. The van der Waals surface area contributed by atoms with E-state index in [4.69, 9.17) is 0 Å². The topological polar surface area (TPSA) is 89.9 Å². The second-order valence-corrected chi connectivity index (χ2v) is 6.85. The van der Waals surface area contributed by atoms with Crippen LogP contribution in [0.1, 0.15) is 39.1 Å². The minimum atomic E-state index is -4.45. The van der Waals surface area contributed by atoms with Gasteiger partial charge in [-0.1, -0.05) is 0 Å². The molecule has 154 valence electrons. The summed E-state index contributed by atoms with van der Waals surface area (Å²) in [7, 11) is 0. The van der Waals surface area contributed by atoms with Gasteiger partial charge in [-0.25, -0.2) is 0 Å². The molecule has 9 heteroatoms. The Morgan fingerprint density at radius 1 is 0.931 bits per heavy atom. The third-order valence-corrected chi connectivity index (χ3v) is 4.74. The van der Waals surface area contributed by atoms with Crippen molar-refractivity contribution >= 4 is 11.8 Å². The van der Waals surface area contributed by atoms with E-state index < -0.39 is 17.6 Å².